The van der Waals surface area contributed by atoms with Crippen molar-refractivity contribution in [2.75, 3.05) is 11.1 Å². The number of amides is 1. The molecule has 0 fully saturated rings. The fourth-order valence-electron chi connectivity index (χ4n) is 3.23. The maximum Gasteiger partial charge on any atom is 0.252 e. The molecule has 0 radical (unpaired) electrons. The maximum atomic E-state index is 12.4. The first-order valence-corrected chi connectivity index (χ1v) is 10.4. The third-order valence-corrected chi connectivity index (χ3v) is 6.14. The number of hydrogen-bond acceptors (Lipinski definition) is 5. The normalized spacial score (nSPS) is 16.6. The number of aromatic nitrogens is 4. The summed E-state index contributed by atoms with van der Waals surface area (Å²) < 4.78 is 2.68. The molecule has 1 amide bonds. The average Bonchev–Trinajstić information content (AvgIpc) is 2.81. The Balaban J connectivity index is 1.90. The van der Waals surface area contributed by atoms with Gasteiger partial charge in [-0.1, -0.05) is 28.1 Å². The van der Waals surface area contributed by atoms with Gasteiger partial charge in [-0.15, -0.1) is 11.8 Å². The number of benzene rings is 1. The van der Waals surface area contributed by atoms with E-state index in [1.54, 1.807) is 16.4 Å². The molecule has 1 aliphatic heterocycles. The zero-order valence-electron chi connectivity index (χ0n) is 15.2. The summed E-state index contributed by atoms with van der Waals surface area (Å²) in [6.45, 7) is 5.81. The van der Waals surface area contributed by atoms with Crippen molar-refractivity contribution in [2.24, 2.45) is 0 Å². The Morgan fingerprint density at radius 1 is 1.15 bits per heavy atom. The number of halogens is 1. The minimum absolute atomic E-state index is 0.00621. The van der Waals surface area contributed by atoms with E-state index in [9.17, 15) is 4.79 Å². The van der Waals surface area contributed by atoms with Crippen LogP contribution in [0.2, 0.25) is 0 Å². The van der Waals surface area contributed by atoms with E-state index in [2.05, 4.69) is 48.4 Å². The number of hydrogen-bond donors (Lipinski definition) is 1. The van der Waals surface area contributed by atoms with Gasteiger partial charge in [0.25, 0.3) is 5.95 Å². The monoisotopic (exact) mass is 443 g/mol. The van der Waals surface area contributed by atoms with Crippen LogP contribution >= 0.6 is 27.7 Å². The largest absolute Gasteiger partial charge is 0.309 e. The van der Waals surface area contributed by atoms with Crippen molar-refractivity contribution in [3.8, 4) is 5.95 Å². The van der Waals surface area contributed by atoms with Crippen LogP contribution in [-0.2, 0) is 4.79 Å². The molecule has 6 nitrogen and oxygen atoms in total. The minimum Gasteiger partial charge on any atom is -0.309 e. The number of carbonyl (C=O) groups excluding carboxylic acids is 1. The third-order valence-electron chi connectivity index (χ3n) is 4.34. The lowest BCUT2D eigenvalue weighted by atomic mass is 10.0. The van der Waals surface area contributed by atoms with Crippen molar-refractivity contribution in [1.29, 1.82) is 0 Å². The molecule has 3 heterocycles. The molecule has 0 bridgehead atoms. The highest BCUT2D eigenvalue weighted by Gasteiger charge is 2.31. The van der Waals surface area contributed by atoms with Gasteiger partial charge < -0.3 is 5.32 Å². The van der Waals surface area contributed by atoms with Crippen LogP contribution in [-0.4, -0.2) is 31.4 Å². The molecule has 138 valence electrons. The van der Waals surface area contributed by atoms with Crippen molar-refractivity contribution < 1.29 is 4.79 Å². The molecule has 0 saturated carbocycles. The standard InChI is InChI=1S/C19H18BrN5OS/c1-10-8-11(2)22-19(21-10)25-18-16(12(3)24-25)17(27-9-15(26)23-18)13-4-6-14(20)7-5-13/h4-8,17H,9H2,1-3H3,(H,23,26)/t17-/m1/s1. The summed E-state index contributed by atoms with van der Waals surface area (Å²) in [7, 11) is 0. The number of nitrogens with one attached hydrogen (secondary N) is 1. The van der Waals surface area contributed by atoms with Crippen molar-refractivity contribution in [3.05, 3.63) is 63.0 Å². The van der Waals surface area contributed by atoms with Crippen LogP contribution in [0.25, 0.3) is 5.95 Å². The summed E-state index contributed by atoms with van der Waals surface area (Å²) in [5.41, 5.74) is 4.70. The van der Waals surface area contributed by atoms with Gasteiger partial charge >= 0.3 is 0 Å². The number of carbonyl (C=O) groups is 1. The predicted molar refractivity (Wildman–Crippen MR) is 110 cm³/mol. The molecule has 1 aromatic carbocycles. The van der Waals surface area contributed by atoms with Crippen LogP contribution in [0.4, 0.5) is 5.82 Å². The Morgan fingerprint density at radius 3 is 2.48 bits per heavy atom. The average molecular weight is 444 g/mol. The lowest BCUT2D eigenvalue weighted by molar-refractivity contribution is -0.113. The summed E-state index contributed by atoms with van der Waals surface area (Å²) in [5, 5.41) is 7.69. The second-order valence-corrected chi connectivity index (χ2v) is 8.51. The van der Waals surface area contributed by atoms with Crippen LogP contribution < -0.4 is 5.32 Å². The molecular weight excluding hydrogens is 426 g/mol. The molecule has 0 aliphatic carbocycles. The van der Waals surface area contributed by atoms with Gasteiger partial charge in [-0.25, -0.2) is 9.97 Å². The van der Waals surface area contributed by atoms with Gasteiger partial charge in [-0.3, -0.25) is 4.79 Å². The molecule has 4 rings (SSSR count). The van der Waals surface area contributed by atoms with Gasteiger partial charge in [0.05, 0.1) is 16.7 Å². The predicted octanol–water partition coefficient (Wildman–Crippen LogP) is 4.12. The lowest BCUT2D eigenvalue weighted by Crippen LogP contribution is -2.17. The molecular formula is C19H18BrN5OS. The summed E-state index contributed by atoms with van der Waals surface area (Å²) in [4.78, 5) is 21.4. The van der Waals surface area contributed by atoms with E-state index in [-0.39, 0.29) is 11.2 Å². The van der Waals surface area contributed by atoms with Gasteiger partial charge in [0, 0.05) is 21.4 Å². The molecule has 3 aromatic rings. The Labute approximate surface area is 169 Å². The van der Waals surface area contributed by atoms with E-state index >= 15 is 0 Å². The van der Waals surface area contributed by atoms with Gasteiger partial charge in [0.2, 0.25) is 5.91 Å². The smallest absolute Gasteiger partial charge is 0.252 e. The van der Waals surface area contributed by atoms with Gasteiger partial charge in [0.15, 0.2) is 0 Å². The van der Waals surface area contributed by atoms with E-state index in [1.807, 2.05) is 39.0 Å². The van der Waals surface area contributed by atoms with E-state index in [4.69, 9.17) is 0 Å². The maximum absolute atomic E-state index is 12.4. The van der Waals surface area contributed by atoms with Crippen molar-refractivity contribution in [3.63, 3.8) is 0 Å². The Kier molecular flexibility index (Phi) is 4.77. The molecule has 27 heavy (non-hydrogen) atoms. The van der Waals surface area contributed by atoms with E-state index < -0.39 is 0 Å². The van der Waals surface area contributed by atoms with Crippen LogP contribution in [0, 0.1) is 20.8 Å². The van der Waals surface area contributed by atoms with Gasteiger partial charge in [-0.05, 0) is 44.5 Å². The van der Waals surface area contributed by atoms with Gasteiger partial charge in [0.1, 0.15) is 5.82 Å². The second-order valence-electron chi connectivity index (χ2n) is 6.50. The SMILES string of the molecule is Cc1cc(C)nc(-n2nc(C)c3c2NC(=O)CS[C@@H]3c2ccc(Br)cc2)n1. The highest BCUT2D eigenvalue weighted by molar-refractivity contribution is 9.10. The molecule has 1 N–H and O–H groups in total. The third kappa shape index (κ3) is 3.51. The van der Waals surface area contributed by atoms with Crippen molar-refractivity contribution in [2.45, 2.75) is 26.0 Å². The summed E-state index contributed by atoms with van der Waals surface area (Å²) in [6, 6.07) is 10.1. The van der Waals surface area contributed by atoms with E-state index in [0.717, 1.165) is 32.7 Å². The van der Waals surface area contributed by atoms with E-state index in [0.29, 0.717) is 17.5 Å². The quantitative estimate of drug-likeness (QED) is 0.644. The molecule has 2 aromatic heterocycles. The Hall–Kier alpha value is -2.19. The first-order chi connectivity index (χ1) is 12.9. The molecule has 1 aliphatic rings. The molecule has 0 saturated heterocycles. The summed E-state index contributed by atoms with van der Waals surface area (Å²) in [6.07, 6.45) is 0. The summed E-state index contributed by atoms with van der Waals surface area (Å²) >= 11 is 5.08. The molecule has 0 spiro atoms. The number of anilines is 1. The fourth-order valence-corrected chi connectivity index (χ4v) is 4.68. The zero-order chi connectivity index (χ0) is 19.1. The number of fused-ring (bicyclic) bond motifs is 1. The summed E-state index contributed by atoms with van der Waals surface area (Å²) in [5.74, 6) is 1.45. The number of nitrogens with zero attached hydrogens (tertiary/aromatic N) is 4. The van der Waals surface area contributed by atoms with Crippen molar-refractivity contribution >= 4 is 39.4 Å². The highest BCUT2D eigenvalue weighted by Crippen LogP contribution is 2.43. The highest BCUT2D eigenvalue weighted by atomic mass is 79.9. The van der Waals surface area contributed by atoms with Crippen LogP contribution in [0.1, 0.15) is 33.5 Å². The first-order valence-electron chi connectivity index (χ1n) is 8.51. The van der Waals surface area contributed by atoms with Crippen molar-refractivity contribution in [1.82, 2.24) is 19.7 Å². The number of thioether (sulfide) groups is 1. The number of aryl methyl sites for hydroxylation is 3. The first kappa shape index (κ1) is 18.2. The molecule has 8 heteroatoms. The second kappa shape index (κ2) is 7.09. The molecule has 0 unspecified atom stereocenters. The lowest BCUT2D eigenvalue weighted by Gasteiger charge is -2.15. The van der Waals surface area contributed by atoms with Gasteiger partial charge in [-0.2, -0.15) is 9.78 Å². The Morgan fingerprint density at radius 2 is 1.81 bits per heavy atom. The Bertz CT molecular complexity index is 1010. The van der Waals surface area contributed by atoms with E-state index in [1.165, 1.54) is 0 Å². The topological polar surface area (TPSA) is 72.7 Å². The fraction of sp³-hybridized carbons (Fsp3) is 0.263. The molecule has 1 atom stereocenters. The van der Waals surface area contributed by atoms with Crippen LogP contribution in [0.15, 0.2) is 34.8 Å². The zero-order valence-corrected chi connectivity index (χ0v) is 17.6. The minimum atomic E-state index is -0.0496. The number of rotatable bonds is 2. The van der Waals surface area contributed by atoms with Crippen LogP contribution in [0.5, 0.6) is 0 Å². The van der Waals surface area contributed by atoms with Crippen LogP contribution in [0.3, 0.4) is 0 Å².